The van der Waals surface area contributed by atoms with E-state index in [0.717, 1.165) is 34.0 Å². The Labute approximate surface area is 157 Å². The van der Waals surface area contributed by atoms with E-state index < -0.39 is 0 Å². The fraction of sp³-hybridized carbons (Fsp3) is 0.286. The molecule has 0 saturated heterocycles. The van der Waals surface area contributed by atoms with Crippen LogP contribution < -0.4 is 10.6 Å². The number of aromatic nitrogens is 2. The van der Waals surface area contributed by atoms with Gasteiger partial charge in [0.25, 0.3) is 0 Å². The zero-order valence-electron chi connectivity index (χ0n) is 15.2. The number of carbonyl (C=O) groups excluding carboxylic acids is 1. The van der Waals surface area contributed by atoms with E-state index in [1.165, 1.54) is 12.8 Å². The summed E-state index contributed by atoms with van der Waals surface area (Å²) in [7, 11) is 0. The second kappa shape index (κ2) is 5.94. The Morgan fingerprint density at radius 3 is 2.70 bits per heavy atom. The predicted octanol–water partition coefficient (Wildman–Crippen LogP) is 4.16. The van der Waals surface area contributed by atoms with Crippen molar-refractivity contribution >= 4 is 17.2 Å². The summed E-state index contributed by atoms with van der Waals surface area (Å²) >= 11 is 0. The van der Waals surface area contributed by atoms with Crippen molar-refractivity contribution in [1.29, 1.82) is 0 Å². The second-order valence-corrected chi connectivity index (χ2v) is 7.29. The lowest BCUT2D eigenvalue weighted by Crippen LogP contribution is -2.24. The summed E-state index contributed by atoms with van der Waals surface area (Å²) in [4.78, 5) is 17.5. The van der Waals surface area contributed by atoms with Crippen molar-refractivity contribution in [2.24, 2.45) is 5.92 Å². The van der Waals surface area contributed by atoms with Gasteiger partial charge in [0.05, 0.1) is 28.8 Å². The third-order valence-electron chi connectivity index (χ3n) is 5.31. The van der Waals surface area contributed by atoms with E-state index in [1.807, 2.05) is 32.0 Å². The van der Waals surface area contributed by atoms with Gasteiger partial charge in [0.15, 0.2) is 0 Å². The monoisotopic (exact) mass is 360 g/mol. The van der Waals surface area contributed by atoms with Gasteiger partial charge in [-0.15, -0.1) is 0 Å². The van der Waals surface area contributed by atoms with E-state index in [4.69, 9.17) is 4.52 Å². The van der Waals surface area contributed by atoms with Crippen LogP contribution in [0.5, 0.6) is 0 Å². The molecular formula is C21H20N4O2. The molecule has 2 aromatic heterocycles. The van der Waals surface area contributed by atoms with Crippen molar-refractivity contribution < 1.29 is 9.32 Å². The van der Waals surface area contributed by atoms with Crippen LogP contribution in [0.3, 0.4) is 0 Å². The average molecular weight is 360 g/mol. The number of pyridine rings is 1. The molecule has 5 rings (SSSR count). The summed E-state index contributed by atoms with van der Waals surface area (Å²) in [5.41, 5.74) is 5.54. The highest BCUT2D eigenvalue weighted by molar-refractivity contribution is 6.14. The normalized spacial score (nSPS) is 17.9. The number of fused-ring (bicyclic) bond motifs is 1. The smallest absolute Gasteiger partial charge is 0.213 e. The van der Waals surface area contributed by atoms with E-state index in [2.05, 4.69) is 26.8 Å². The number of anilines is 2. The summed E-state index contributed by atoms with van der Waals surface area (Å²) in [5, 5.41) is 11.1. The van der Waals surface area contributed by atoms with Gasteiger partial charge in [0.1, 0.15) is 11.5 Å². The number of rotatable bonds is 4. The lowest BCUT2D eigenvalue weighted by Gasteiger charge is -2.11. The van der Waals surface area contributed by atoms with Crippen LogP contribution >= 0.6 is 0 Å². The highest BCUT2D eigenvalue weighted by atomic mass is 16.5. The van der Waals surface area contributed by atoms with E-state index >= 15 is 0 Å². The van der Waals surface area contributed by atoms with Gasteiger partial charge in [-0.3, -0.25) is 9.78 Å². The molecule has 0 spiro atoms. The van der Waals surface area contributed by atoms with Crippen molar-refractivity contribution in [2.75, 3.05) is 10.6 Å². The second-order valence-electron chi connectivity index (χ2n) is 7.29. The molecule has 6 nitrogen and oxygen atoms in total. The Bertz CT molecular complexity index is 1020. The van der Waals surface area contributed by atoms with Crippen molar-refractivity contribution in [3.8, 4) is 11.1 Å². The maximum absolute atomic E-state index is 13.2. The Kier molecular flexibility index (Phi) is 3.53. The molecule has 1 atom stereocenters. The lowest BCUT2D eigenvalue weighted by molar-refractivity contribution is 0.103. The maximum Gasteiger partial charge on any atom is 0.213 e. The largest absolute Gasteiger partial charge is 0.363 e. The molecule has 1 saturated carbocycles. The number of carbonyl (C=O) groups is 1. The average Bonchev–Trinajstić information content (AvgIpc) is 3.36. The topological polar surface area (TPSA) is 80.0 Å². The molecule has 1 unspecified atom stereocenters. The van der Waals surface area contributed by atoms with Crippen LogP contribution in [0.2, 0.25) is 0 Å². The molecule has 1 aliphatic heterocycles. The van der Waals surface area contributed by atoms with Crippen LogP contribution in [0.4, 0.5) is 11.4 Å². The third kappa shape index (κ3) is 2.68. The summed E-state index contributed by atoms with van der Waals surface area (Å²) in [5.74, 6) is 1.26. The van der Waals surface area contributed by atoms with E-state index in [9.17, 15) is 4.79 Å². The molecule has 0 radical (unpaired) electrons. The zero-order valence-corrected chi connectivity index (χ0v) is 15.2. The highest BCUT2D eigenvalue weighted by Gasteiger charge is 2.37. The Morgan fingerprint density at radius 1 is 1.19 bits per heavy atom. The SMILES string of the molecule is Cc1noc(C)c1-c1cc2c(c(C(=O)c3ccccn3)c1)NC(C1CC1)N2. The Morgan fingerprint density at radius 2 is 2.04 bits per heavy atom. The number of nitrogens with zero attached hydrogens (tertiary/aromatic N) is 2. The van der Waals surface area contributed by atoms with Crippen LogP contribution in [0.15, 0.2) is 41.1 Å². The first-order valence-electron chi connectivity index (χ1n) is 9.22. The third-order valence-corrected chi connectivity index (χ3v) is 5.31. The fourth-order valence-electron chi connectivity index (χ4n) is 3.79. The first kappa shape index (κ1) is 16.1. The van der Waals surface area contributed by atoms with Crippen LogP contribution in [-0.4, -0.2) is 22.1 Å². The number of aryl methyl sites for hydroxylation is 2. The molecule has 0 bridgehead atoms. The van der Waals surface area contributed by atoms with Crippen molar-refractivity contribution in [3.63, 3.8) is 0 Å². The summed E-state index contributed by atoms with van der Waals surface area (Å²) in [6.45, 7) is 3.81. The minimum Gasteiger partial charge on any atom is -0.363 e. The number of benzene rings is 1. The summed E-state index contributed by atoms with van der Waals surface area (Å²) in [6.07, 6.45) is 4.23. The van der Waals surface area contributed by atoms with Crippen LogP contribution in [-0.2, 0) is 0 Å². The molecule has 3 aromatic rings. The molecule has 3 heterocycles. The first-order valence-corrected chi connectivity index (χ1v) is 9.22. The minimum absolute atomic E-state index is 0.0915. The summed E-state index contributed by atoms with van der Waals surface area (Å²) in [6, 6.07) is 9.39. The molecule has 136 valence electrons. The fourth-order valence-corrected chi connectivity index (χ4v) is 3.79. The van der Waals surface area contributed by atoms with Gasteiger partial charge in [-0.1, -0.05) is 11.2 Å². The molecule has 27 heavy (non-hydrogen) atoms. The van der Waals surface area contributed by atoms with Gasteiger partial charge < -0.3 is 15.2 Å². The van der Waals surface area contributed by atoms with Crippen LogP contribution in [0, 0.1) is 19.8 Å². The maximum atomic E-state index is 13.2. The van der Waals surface area contributed by atoms with Gasteiger partial charge >= 0.3 is 0 Å². The highest BCUT2D eigenvalue weighted by Crippen LogP contribution is 2.44. The predicted molar refractivity (Wildman–Crippen MR) is 103 cm³/mol. The Balaban J connectivity index is 1.66. The molecule has 0 amide bonds. The Hall–Kier alpha value is -3.15. The molecule has 2 aliphatic rings. The van der Waals surface area contributed by atoms with Crippen LogP contribution in [0.25, 0.3) is 11.1 Å². The zero-order chi connectivity index (χ0) is 18.5. The summed E-state index contributed by atoms with van der Waals surface area (Å²) < 4.78 is 5.34. The molecule has 1 fully saturated rings. The van der Waals surface area contributed by atoms with Crippen molar-refractivity contribution in [1.82, 2.24) is 10.1 Å². The van der Waals surface area contributed by atoms with Gasteiger partial charge in [0, 0.05) is 11.8 Å². The first-order chi connectivity index (χ1) is 13.1. The quantitative estimate of drug-likeness (QED) is 0.680. The number of ketones is 1. The van der Waals surface area contributed by atoms with Crippen molar-refractivity contribution in [2.45, 2.75) is 32.9 Å². The number of hydrogen-bond donors (Lipinski definition) is 2. The molecule has 6 heteroatoms. The van der Waals surface area contributed by atoms with Crippen LogP contribution in [0.1, 0.15) is 40.3 Å². The van der Waals surface area contributed by atoms with E-state index in [1.54, 1.807) is 12.3 Å². The minimum atomic E-state index is -0.0915. The standard InChI is InChI=1S/C21H20N4O2/c1-11-18(12(2)27-25-11)14-9-15(20(26)16-5-3-4-8-22-16)19-17(10-14)23-21(24-19)13-6-7-13/h3-5,8-10,13,21,23-24H,6-7H2,1-2H3. The van der Waals surface area contributed by atoms with E-state index in [0.29, 0.717) is 17.2 Å². The van der Waals surface area contributed by atoms with Gasteiger partial charge in [0.2, 0.25) is 5.78 Å². The molecule has 1 aliphatic carbocycles. The molecule has 2 N–H and O–H groups in total. The number of nitrogens with one attached hydrogen (secondary N) is 2. The lowest BCUT2D eigenvalue weighted by atomic mass is 9.96. The molecular weight excluding hydrogens is 340 g/mol. The van der Waals surface area contributed by atoms with Gasteiger partial charge in [-0.2, -0.15) is 0 Å². The van der Waals surface area contributed by atoms with Gasteiger partial charge in [-0.25, -0.2) is 0 Å². The number of hydrogen-bond acceptors (Lipinski definition) is 6. The van der Waals surface area contributed by atoms with E-state index in [-0.39, 0.29) is 11.9 Å². The molecule has 1 aromatic carbocycles. The van der Waals surface area contributed by atoms with Gasteiger partial charge in [-0.05, 0) is 62.4 Å². The van der Waals surface area contributed by atoms with Crippen molar-refractivity contribution in [3.05, 3.63) is 59.2 Å².